The maximum Gasteiger partial charge on any atom is 0.248 e. The lowest BCUT2D eigenvalue weighted by molar-refractivity contribution is 0.100. The van der Waals surface area contributed by atoms with Crippen molar-refractivity contribution in [2.75, 3.05) is 0 Å². The fourth-order valence-electron chi connectivity index (χ4n) is 2.49. The highest BCUT2D eigenvalue weighted by Gasteiger charge is 2.09. The zero-order valence-electron chi connectivity index (χ0n) is 11.4. The Bertz CT molecular complexity index is 602. The molecule has 0 aliphatic carbocycles. The summed E-state index contributed by atoms with van der Waals surface area (Å²) in [6.45, 7) is 4.33. The molecule has 2 heteroatoms. The molecule has 19 heavy (non-hydrogen) atoms. The van der Waals surface area contributed by atoms with E-state index in [9.17, 15) is 4.79 Å². The van der Waals surface area contributed by atoms with Crippen molar-refractivity contribution in [2.24, 2.45) is 5.73 Å². The maximum atomic E-state index is 11.3. The van der Waals surface area contributed by atoms with Crippen LogP contribution in [0.2, 0.25) is 0 Å². The summed E-state index contributed by atoms with van der Waals surface area (Å²) in [6, 6.07) is 13.9. The predicted molar refractivity (Wildman–Crippen MR) is 79.2 cm³/mol. The number of hydrogen-bond donors (Lipinski definition) is 1. The van der Waals surface area contributed by atoms with Crippen LogP contribution >= 0.6 is 0 Å². The topological polar surface area (TPSA) is 43.1 Å². The third-order valence-electron chi connectivity index (χ3n) is 3.47. The molecule has 0 aliphatic heterocycles. The smallest absolute Gasteiger partial charge is 0.248 e. The van der Waals surface area contributed by atoms with Gasteiger partial charge in [-0.1, -0.05) is 44.2 Å². The highest BCUT2D eigenvalue weighted by molar-refractivity contribution is 5.94. The molecule has 0 fully saturated rings. The maximum absolute atomic E-state index is 11.3. The van der Waals surface area contributed by atoms with Crippen LogP contribution in [0.25, 0.3) is 11.1 Å². The minimum atomic E-state index is -0.383. The molecule has 0 unspecified atom stereocenters. The second-order valence-corrected chi connectivity index (χ2v) is 4.60. The molecule has 98 valence electrons. The number of carbonyl (C=O) groups is 1. The highest BCUT2D eigenvalue weighted by Crippen LogP contribution is 2.27. The number of rotatable bonds is 4. The Hall–Kier alpha value is -2.09. The van der Waals surface area contributed by atoms with Gasteiger partial charge in [0.2, 0.25) is 5.91 Å². The first kappa shape index (κ1) is 13.3. The molecule has 0 spiro atoms. The normalized spacial score (nSPS) is 10.4. The summed E-state index contributed by atoms with van der Waals surface area (Å²) in [7, 11) is 0. The van der Waals surface area contributed by atoms with E-state index in [1.54, 1.807) is 6.07 Å². The standard InChI is InChI=1S/C17H19NO/c1-3-12-7-6-10-16(15(12)4-2)13-8-5-9-14(11-13)17(18)19/h5-11H,3-4H2,1-2H3,(H2,18,19). The largest absolute Gasteiger partial charge is 0.366 e. The molecule has 0 aliphatic rings. The SMILES string of the molecule is CCc1cccc(-c2cccc(C(N)=O)c2)c1CC. The Balaban J connectivity index is 2.58. The van der Waals surface area contributed by atoms with Gasteiger partial charge in [-0.25, -0.2) is 0 Å². The van der Waals surface area contributed by atoms with E-state index in [1.807, 2.05) is 18.2 Å². The molecular weight excluding hydrogens is 234 g/mol. The third kappa shape index (κ3) is 2.68. The molecular formula is C17H19NO. The van der Waals surface area contributed by atoms with Crippen molar-refractivity contribution in [1.82, 2.24) is 0 Å². The van der Waals surface area contributed by atoms with Crippen molar-refractivity contribution in [2.45, 2.75) is 26.7 Å². The van der Waals surface area contributed by atoms with E-state index in [4.69, 9.17) is 5.73 Å². The Labute approximate surface area is 114 Å². The molecule has 2 nitrogen and oxygen atoms in total. The zero-order valence-corrected chi connectivity index (χ0v) is 11.4. The van der Waals surface area contributed by atoms with E-state index in [1.165, 1.54) is 16.7 Å². The Morgan fingerprint density at radius 1 is 1.05 bits per heavy atom. The van der Waals surface area contributed by atoms with E-state index < -0.39 is 0 Å². The van der Waals surface area contributed by atoms with Crippen LogP contribution in [-0.2, 0) is 12.8 Å². The molecule has 2 rings (SSSR count). The first-order chi connectivity index (χ1) is 9.17. The van der Waals surface area contributed by atoms with Gasteiger partial charge in [0.05, 0.1) is 0 Å². The molecule has 0 heterocycles. The summed E-state index contributed by atoms with van der Waals surface area (Å²) in [5.41, 5.74) is 10.9. The van der Waals surface area contributed by atoms with Crippen molar-refractivity contribution in [3.8, 4) is 11.1 Å². The summed E-state index contributed by atoms with van der Waals surface area (Å²) >= 11 is 0. The number of nitrogens with two attached hydrogens (primary N) is 1. The average molecular weight is 253 g/mol. The van der Waals surface area contributed by atoms with Gasteiger partial charge in [-0.2, -0.15) is 0 Å². The minimum Gasteiger partial charge on any atom is -0.366 e. The summed E-state index contributed by atoms with van der Waals surface area (Å²) in [5.74, 6) is -0.383. The van der Waals surface area contributed by atoms with E-state index in [2.05, 4.69) is 32.0 Å². The number of aryl methyl sites for hydroxylation is 1. The van der Waals surface area contributed by atoms with Crippen LogP contribution in [0.3, 0.4) is 0 Å². The number of amides is 1. The Morgan fingerprint density at radius 3 is 2.42 bits per heavy atom. The quantitative estimate of drug-likeness (QED) is 0.889. The second kappa shape index (κ2) is 5.70. The van der Waals surface area contributed by atoms with Crippen molar-refractivity contribution >= 4 is 5.91 Å². The van der Waals surface area contributed by atoms with Crippen LogP contribution in [0.1, 0.15) is 35.3 Å². The first-order valence-electron chi connectivity index (χ1n) is 6.68. The first-order valence-corrected chi connectivity index (χ1v) is 6.68. The third-order valence-corrected chi connectivity index (χ3v) is 3.47. The molecule has 2 aromatic rings. The van der Waals surface area contributed by atoms with E-state index in [-0.39, 0.29) is 5.91 Å². The molecule has 2 aromatic carbocycles. The van der Waals surface area contributed by atoms with Gasteiger partial charge < -0.3 is 5.73 Å². The van der Waals surface area contributed by atoms with Crippen LogP contribution in [0.4, 0.5) is 0 Å². The van der Waals surface area contributed by atoms with Gasteiger partial charge in [-0.05, 0) is 47.2 Å². The Kier molecular flexibility index (Phi) is 4.00. The number of carbonyl (C=O) groups excluding carboxylic acids is 1. The lowest BCUT2D eigenvalue weighted by atomic mass is 9.92. The van der Waals surface area contributed by atoms with Crippen LogP contribution < -0.4 is 5.73 Å². The fraction of sp³-hybridized carbons (Fsp3) is 0.235. The van der Waals surface area contributed by atoms with Crippen molar-refractivity contribution in [3.63, 3.8) is 0 Å². The molecule has 2 N–H and O–H groups in total. The van der Waals surface area contributed by atoms with Gasteiger partial charge in [0, 0.05) is 5.56 Å². The highest BCUT2D eigenvalue weighted by atomic mass is 16.1. The van der Waals surface area contributed by atoms with Crippen LogP contribution in [-0.4, -0.2) is 5.91 Å². The van der Waals surface area contributed by atoms with Crippen molar-refractivity contribution in [3.05, 3.63) is 59.2 Å². The van der Waals surface area contributed by atoms with E-state index >= 15 is 0 Å². The molecule has 0 saturated carbocycles. The summed E-state index contributed by atoms with van der Waals surface area (Å²) < 4.78 is 0. The zero-order chi connectivity index (χ0) is 13.8. The average Bonchev–Trinajstić information content (AvgIpc) is 2.46. The molecule has 0 bridgehead atoms. The van der Waals surface area contributed by atoms with E-state index in [0.29, 0.717) is 5.56 Å². The van der Waals surface area contributed by atoms with Gasteiger partial charge in [0.15, 0.2) is 0 Å². The summed E-state index contributed by atoms with van der Waals surface area (Å²) in [4.78, 5) is 11.3. The van der Waals surface area contributed by atoms with Crippen LogP contribution in [0.15, 0.2) is 42.5 Å². The summed E-state index contributed by atoms with van der Waals surface area (Å²) in [5, 5.41) is 0. The predicted octanol–water partition coefficient (Wildman–Crippen LogP) is 3.58. The van der Waals surface area contributed by atoms with Gasteiger partial charge in [0.1, 0.15) is 0 Å². The number of benzene rings is 2. The van der Waals surface area contributed by atoms with Crippen LogP contribution in [0.5, 0.6) is 0 Å². The molecule has 0 aromatic heterocycles. The molecule has 0 radical (unpaired) electrons. The van der Waals surface area contributed by atoms with Crippen LogP contribution in [0, 0.1) is 0 Å². The molecule has 0 atom stereocenters. The number of primary amides is 1. The fourth-order valence-corrected chi connectivity index (χ4v) is 2.49. The van der Waals surface area contributed by atoms with Gasteiger partial charge in [0.25, 0.3) is 0 Å². The Morgan fingerprint density at radius 2 is 1.79 bits per heavy atom. The summed E-state index contributed by atoms with van der Waals surface area (Å²) in [6.07, 6.45) is 2.01. The van der Waals surface area contributed by atoms with E-state index in [0.717, 1.165) is 18.4 Å². The van der Waals surface area contributed by atoms with Gasteiger partial charge in [-0.3, -0.25) is 4.79 Å². The number of hydrogen-bond acceptors (Lipinski definition) is 1. The minimum absolute atomic E-state index is 0.383. The lowest BCUT2D eigenvalue weighted by Gasteiger charge is -2.13. The van der Waals surface area contributed by atoms with Gasteiger partial charge >= 0.3 is 0 Å². The molecule has 1 amide bonds. The second-order valence-electron chi connectivity index (χ2n) is 4.60. The monoisotopic (exact) mass is 253 g/mol. The van der Waals surface area contributed by atoms with Crippen molar-refractivity contribution in [1.29, 1.82) is 0 Å². The lowest BCUT2D eigenvalue weighted by Crippen LogP contribution is -2.10. The van der Waals surface area contributed by atoms with Crippen molar-refractivity contribution < 1.29 is 4.79 Å². The molecule has 0 saturated heterocycles. The van der Waals surface area contributed by atoms with Gasteiger partial charge in [-0.15, -0.1) is 0 Å².